The number of hydrogen-bond acceptors (Lipinski definition) is 2. The maximum Gasteiger partial charge on any atom is 0.132 e. The van der Waals surface area contributed by atoms with Crippen molar-refractivity contribution >= 4 is 6.29 Å². The third-order valence-electron chi connectivity index (χ3n) is 3.33. The average molecular weight is 224 g/mol. The van der Waals surface area contributed by atoms with Crippen LogP contribution in [0.5, 0.6) is 0 Å². The minimum atomic E-state index is -0.422. The molecule has 1 heterocycles. The zero-order valence-electron chi connectivity index (χ0n) is 10.6. The Labute approximate surface area is 99.1 Å². The molecule has 1 rings (SSSR count). The predicted molar refractivity (Wildman–Crippen MR) is 66.4 cm³/mol. The fraction of sp³-hybridized carbons (Fsp3) is 0.786. The Hall–Kier alpha value is -0.630. The maximum absolute atomic E-state index is 11.3. The molecule has 0 unspecified atom stereocenters. The molecule has 1 aliphatic rings. The van der Waals surface area contributed by atoms with Gasteiger partial charge < -0.3 is 9.53 Å². The van der Waals surface area contributed by atoms with Crippen LogP contribution in [0.2, 0.25) is 0 Å². The van der Waals surface area contributed by atoms with Crippen LogP contribution in [0.15, 0.2) is 12.2 Å². The first-order chi connectivity index (χ1) is 7.73. The molecular weight excluding hydrogens is 200 g/mol. The van der Waals surface area contributed by atoms with E-state index in [0.29, 0.717) is 0 Å². The molecule has 0 saturated carbocycles. The summed E-state index contributed by atoms with van der Waals surface area (Å²) >= 11 is 0. The highest BCUT2D eigenvalue weighted by Gasteiger charge is 2.33. The van der Waals surface area contributed by atoms with Gasteiger partial charge in [0.25, 0.3) is 0 Å². The third kappa shape index (κ3) is 3.75. The lowest BCUT2D eigenvalue weighted by Crippen LogP contribution is -2.36. The van der Waals surface area contributed by atoms with Crippen molar-refractivity contribution in [2.45, 2.75) is 58.5 Å². The van der Waals surface area contributed by atoms with Gasteiger partial charge in [0.1, 0.15) is 6.29 Å². The van der Waals surface area contributed by atoms with Crippen LogP contribution in [0.25, 0.3) is 0 Å². The van der Waals surface area contributed by atoms with Crippen molar-refractivity contribution < 1.29 is 9.53 Å². The fourth-order valence-electron chi connectivity index (χ4n) is 2.11. The second-order valence-corrected chi connectivity index (χ2v) is 4.88. The first-order valence-corrected chi connectivity index (χ1v) is 6.48. The minimum Gasteiger partial charge on any atom is -0.377 e. The van der Waals surface area contributed by atoms with Crippen LogP contribution in [0.3, 0.4) is 0 Å². The van der Waals surface area contributed by atoms with Crippen LogP contribution >= 0.6 is 0 Å². The van der Waals surface area contributed by atoms with Gasteiger partial charge >= 0.3 is 0 Å². The van der Waals surface area contributed by atoms with Crippen molar-refractivity contribution in [1.29, 1.82) is 0 Å². The average Bonchev–Trinajstić information content (AvgIpc) is 2.35. The lowest BCUT2D eigenvalue weighted by molar-refractivity contribution is -0.123. The van der Waals surface area contributed by atoms with E-state index in [0.717, 1.165) is 32.2 Å². The van der Waals surface area contributed by atoms with Crippen LogP contribution in [0, 0.1) is 5.41 Å². The molecule has 2 heteroatoms. The number of aldehydes is 1. The molecule has 0 amide bonds. The quantitative estimate of drug-likeness (QED) is 0.392. The largest absolute Gasteiger partial charge is 0.377 e. The van der Waals surface area contributed by atoms with Gasteiger partial charge in [-0.2, -0.15) is 0 Å². The van der Waals surface area contributed by atoms with Crippen molar-refractivity contribution in [2.75, 3.05) is 6.61 Å². The van der Waals surface area contributed by atoms with E-state index in [1.165, 1.54) is 19.3 Å². The smallest absolute Gasteiger partial charge is 0.132 e. The summed E-state index contributed by atoms with van der Waals surface area (Å²) in [7, 11) is 0. The van der Waals surface area contributed by atoms with Gasteiger partial charge in [0.05, 0.1) is 11.5 Å². The van der Waals surface area contributed by atoms with Crippen LogP contribution < -0.4 is 0 Å². The van der Waals surface area contributed by atoms with E-state index in [2.05, 4.69) is 13.0 Å². The van der Waals surface area contributed by atoms with Gasteiger partial charge in [-0.15, -0.1) is 0 Å². The second-order valence-electron chi connectivity index (χ2n) is 4.88. The van der Waals surface area contributed by atoms with E-state index >= 15 is 0 Å². The molecular formula is C14H24O2. The molecule has 0 spiro atoms. The molecule has 0 aromatic heterocycles. The molecule has 0 aliphatic carbocycles. The highest BCUT2D eigenvalue weighted by atomic mass is 16.5. The molecule has 16 heavy (non-hydrogen) atoms. The standard InChI is InChI=1S/C14H24O2/c1-3-4-5-7-10-14(2,12-15)13-9-6-8-11-16-13/h7,10,12-13H,3-6,8-9,11H2,1-2H3/b10-7+/t13-,14+/m0/s1. The molecule has 0 aromatic rings. The van der Waals surface area contributed by atoms with E-state index in [-0.39, 0.29) is 6.10 Å². The second kappa shape index (κ2) is 6.85. The Bertz CT molecular complexity index is 229. The van der Waals surface area contributed by atoms with Crippen molar-refractivity contribution in [3.05, 3.63) is 12.2 Å². The van der Waals surface area contributed by atoms with Gasteiger partial charge in [-0.25, -0.2) is 0 Å². The fourth-order valence-corrected chi connectivity index (χ4v) is 2.11. The maximum atomic E-state index is 11.3. The summed E-state index contributed by atoms with van der Waals surface area (Å²) < 4.78 is 5.71. The zero-order valence-corrected chi connectivity index (χ0v) is 10.6. The monoisotopic (exact) mass is 224 g/mol. The lowest BCUT2D eigenvalue weighted by Gasteiger charge is -2.33. The molecule has 0 bridgehead atoms. The summed E-state index contributed by atoms with van der Waals surface area (Å²) in [5, 5.41) is 0. The Morgan fingerprint density at radius 1 is 1.44 bits per heavy atom. The van der Waals surface area contributed by atoms with Gasteiger partial charge in [0.2, 0.25) is 0 Å². The molecule has 2 nitrogen and oxygen atoms in total. The molecule has 0 N–H and O–H groups in total. The van der Waals surface area contributed by atoms with Gasteiger partial charge in [-0.1, -0.05) is 31.9 Å². The van der Waals surface area contributed by atoms with Crippen molar-refractivity contribution in [1.82, 2.24) is 0 Å². The lowest BCUT2D eigenvalue weighted by atomic mass is 9.81. The Kier molecular flexibility index (Phi) is 5.75. The van der Waals surface area contributed by atoms with E-state index in [4.69, 9.17) is 4.74 Å². The first kappa shape index (κ1) is 13.4. The predicted octanol–water partition coefficient (Wildman–Crippen LogP) is 3.51. The molecule has 92 valence electrons. The van der Waals surface area contributed by atoms with Crippen molar-refractivity contribution in [2.24, 2.45) is 5.41 Å². The van der Waals surface area contributed by atoms with E-state index in [1.807, 2.05) is 13.0 Å². The molecule has 1 fully saturated rings. The first-order valence-electron chi connectivity index (χ1n) is 6.48. The summed E-state index contributed by atoms with van der Waals surface area (Å²) in [6, 6.07) is 0. The summed E-state index contributed by atoms with van der Waals surface area (Å²) in [6.45, 7) is 4.96. The van der Waals surface area contributed by atoms with Crippen molar-refractivity contribution in [3.63, 3.8) is 0 Å². The van der Waals surface area contributed by atoms with Gasteiger partial charge in [-0.05, 0) is 32.6 Å². The summed E-state index contributed by atoms with van der Waals surface area (Å²) in [5.41, 5.74) is -0.422. The van der Waals surface area contributed by atoms with Gasteiger partial charge in [-0.3, -0.25) is 0 Å². The van der Waals surface area contributed by atoms with E-state index in [9.17, 15) is 4.79 Å². The number of carbonyl (C=O) groups excluding carboxylic acids is 1. The Morgan fingerprint density at radius 3 is 2.81 bits per heavy atom. The van der Waals surface area contributed by atoms with E-state index < -0.39 is 5.41 Å². The highest BCUT2D eigenvalue weighted by molar-refractivity contribution is 5.63. The van der Waals surface area contributed by atoms with E-state index in [1.54, 1.807) is 0 Å². The zero-order chi connectivity index (χ0) is 11.9. The number of hydrogen-bond donors (Lipinski definition) is 0. The topological polar surface area (TPSA) is 26.3 Å². The van der Waals surface area contributed by atoms with Gasteiger partial charge in [0.15, 0.2) is 0 Å². The van der Waals surface area contributed by atoms with Crippen LogP contribution in [-0.2, 0) is 9.53 Å². The molecule has 1 aliphatic heterocycles. The number of unbranched alkanes of at least 4 members (excludes halogenated alkanes) is 2. The SMILES string of the molecule is CCCC/C=C/[C@](C)(C=O)[C@@H]1CCCCO1. The number of carbonyl (C=O) groups is 1. The van der Waals surface area contributed by atoms with Crippen LogP contribution in [0.4, 0.5) is 0 Å². The molecule has 0 radical (unpaired) electrons. The number of allylic oxidation sites excluding steroid dienone is 1. The van der Waals surface area contributed by atoms with Crippen LogP contribution in [0.1, 0.15) is 52.4 Å². The van der Waals surface area contributed by atoms with Crippen molar-refractivity contribution in [3.8, 4) is 0 Å². The summed E-state index contributed by atoms with van der Waals surface area (Å²) in [6.07, 6.45) is 12.1. The number of ether oxygens (including phenoxy) is 1. The molecule has 2 atom stereocenters. The summed E-state index contributed by atoms with van der Waals surface area (Å²) in [5.74, 6) is 0. The molecule has 1 saturated heterocycles. The van der Waals surface area contributed by atoms with Gasteiger partial charge in [0, 0.05) is 6.61 Å². The highest BCUT2D eigenvalue weighted by Crippen LogP contribution is 2.30. The Balaban J connectivity index is 2.53. The normalized spacial score (nSPS) is 25.5. The third-order valence-corrected chi connectivity index (χ3v) is 3.33. The summed E-state index contributed by atoms with van der Waals surface area (Å²) in [4.78, 5) is 11.3. The van der Waals surface area contributed by atoms with Crippen LogP contribution in [-0.4, -0.2) is 19.0 Å². The minimum absolute atomic E-state index is 0.0802. The molecule has 0 aromatic carbocycles. The Morgan fingerprint density at radius 2 is 2.25 bits per heavy atom. The number of rotatable bonds is 6.